The molecule has 1 N–H and O–H groups in total. The van der Waals surface area contributed by atoms with Gasteiger partial charge in [0, 0.05) is 11.3 Å². The number of nitriles is 1. The van der Waals surface area contributed by atoms with Crippen LogP contribution < -0.4 is 5.32 Å². The van der Waals surface area contributed by atoms with Gasteiger partial charge in [-0.3, -0.25) is 4.79 Å². The maximum Gasteiger partial charge on any atom is 0.206 e. The highest BCUT2D eigenvalue weighted by atomic mass is 32.2. The fourth-order valence-electron chi connectivity index (χ4n) is 1.81. The number of carbonyl (C=O) groups is 1. The summed E-state index contributed by atoms with van der Waals surface area (Å²) in [4.78, 5) is 12.4. The molecule has 0 aliphatic carbocycles. The van der Waals surface area contributed by atoms with Crippen LogP contribution in [0.15, 0.2) is 71.3 Å². The minimum atomic E-state index is -0.272. The molecule has 0 aliphatic rings. The molecule has 0 aliphatic heterocycles. The molecule has 2 rings (SSSR count). The lowest BCUT2D eigenvalue weighted by Gasteiger charge is -2.10. The normalized spacial score (nSPS) is 11.2. The Morgan fingerprint density at radius 1 is 1.05 bits per heavy atom. The van der Waals surface area contributed by atoms with Gasteiger partial charge in [-0.1, -0.05) is 48.5 Å². The molecule has 2 aromatic carbocycles. The van der Waals surface area contributed by atoms with E-state index in [4.69, 9.17) is 0 Å². The van der Waals surface area contributed by atoms with Gasteiger partial charge >= 0.3 is 0 Å². The molecular weight excluding hydrogens is 280 g/mol. The number of para-hydroxylation sites is 1. The first kappa shape index (κ1) is 14.9. The lowest BCUT2D eigenvalue weighted by atomic mass is 10.1. The molecule has 0 saturated carbocycles. The molecule has 0 atom stereocenters. The van der Waals surface area contributed by atoms with E-state index in [9.17, 15) is 10.1 Å². The second kappa shape index (κ2) is 7.32. The van der Waals surface area contributed by atoms with Crippen molar-refractivity contribution in [3.05, 3.63) is 76.8 Å². The zero-order valence-corrected chi connectivity index (χ0v) is 12.4. The van der Waals surface area contributed by atoms with Crippen LogP contribution in [0.3, 0.4) is 0 Å². The Hall–Kier alpha value is -2.51. The molecule has 2 aromatic rings. The highest BCUT2D eigenvalue weighted by molar-refractivity contribution is 8.02. The van der Waals surface area contributed by atoms with Crippen molar-refractivity contribution >= 4 is 23.2 Å². The van der Waals surface area contributed by atoms with Gasteiger partial charge in [-0.05, 0) is 18.4 Å². The number of carbonyl (C=O) groups excluding carboxylic acids is 1. The molecule has 0 bridgehead atoms. The maximum absolute atomic E-state index is 12.4. The third-order valence-electron chi connectivity index (χ3n) is 2.84. The van der Waals surface area contributed by atoms with Gasteiger partial charge in [0.1, 0.15) is 11.6 Å². The van der Waals surface area contributed by atoms with Crippen LogP contribution in [0.4, 0.5) is 5.69 Å². The van der Waals surface area contributed by atoms with Crippen LogP contribution in [-0.2, 0) is 0 Å². The lowest BCUT2D eigenvalue weighted by molar-refractivity contribution is 0.103. The van der Waals surface area contributed by atoms with Crippen molar-refractivity contribution in [2.75, 3.05) is 11.6 Å². The summed E-state index contributed by atoms with van der Waals surface area (Å²) in [5, 5.41) is 13.0. The van der Waals surface area contributed by atoms with Crippen LogP contribution in [0, 0.1) is 11.3 Å². The van der Waals surface area contributed by atoms with Gasteiger partial charge in [0.2, 0.25) is 5.78 Å². The highest BCUT2D eigenvalue weighted by Crippen LogP contribution is 2.22. The smallest absolute Gasteiger partial charge is 0.206 e. The number of anilines is 1. The van der Waals surface area contributed by atoms with Crippen molar-refractivity contribution < 1.29 is 4.79 Å². The highest BCUT2D eigenvalue weighted by Gasteiger charge is 2.17. The third kappa shape index (κ3) is 3.74. The van der Waals surface area contributed by atoms with Crippen molar-refractivity contribution in [1.82, 2.24) is 0 Å². The Morgan fingerprint density at radius 3 is 2.14 bits per heavy atom. The average molecular weight is 294 g/mol. The number of hydrogen-bond acceptors (Lipinski definition) is 4. The minimum Gasteiger partial charge on any atom is -0.349 e. The summed E-state index contributed by atoms with van der Waals surface area (Å²) in [6.45, 7) is 0. The fraction of sp³-hybridized carbons (Fsp3) is 0.0588. The summed E-state index contributed by atoms with van der Waals surface area (Å²) in [7, 11) is 0. The van der Waals surface area contributed by atoms with E-state index in [0.717, 1.165) is 5.69 Å². The number of allylic oxidation sites excluding steroid dienone is 1. The molecular formula is C17H14N2OS. The van der Waals surface area contributed by atoms with E-state index in [2.05, 4.69) is 5.32 Å². The number of nitrogens with one attached hydrogen (secondary N) is 1. The van der Waals surface area contributed by atoms with Crippen LogP contribution in [0.5, 0.6) is 0 Å². The topological polar surface area (TPSA) is 52.9 Å². The summed E-state index contributed by atoms with van der Waals surface area (Å²) in [5.41, 5.74) is 1.48. The van der Waals surface area contributed by atoms with E-state index in [0.29, 0.717) is 10.6 Å². The van der Waals surface area contributed by atoms with Gasteiger partial charge in [0.25, 0.3) is 0 Å². The van der Waals surface area contributed by atoms with Crippen molar-refractivity contribution in [1.29, 1.82) is 5.26 Å². The molecule has 0 unspecified atom stereocenters. The molecule has 0 amide bonds. The predicted octanol–water partition coefficient (Wildman–Crippen LogP) is 4.08. The number of thioether (sulfide) groups is 1. The number of Topliss-reactive ketones (excluding diaryl/α,β-unsaturated/α-hetero) is 1. The number of hydrogen-bond donors (Lipinski definition) is 1. The van der Waals surface area contributed by atoms with E-state index >= 15 is 0 Å². The third-order valence-corrected chi connectivity index (χ3v) is 3.55. The van der Waals surface area contributed by atoms with Crippen molar-refractivity contribution in [3.63, 3.8) is 0 Å². The zero-order valence-electron chi connectivity index (χ0n) is 11.5. The van der Waals surface area contributed by atoms with Gasteiger partial charge in [-0.2, -0.15) is 5.26 Å². The summed E-state index contributed by atoms with van der Waals surface area (Å²) in [5.74, 6) is -0.272. The van der Waals surface area contributed by atoms with E-state index in [1.54, 1.807) is 24.3 Å². The Morgan fingerprint density at radius 2 is 1.62 bits per heavy atom. The molecule has 0 aromatic heterocycles. The number of nitrogens with zero attached hydrogens (tertiary/aromatic N) is 1. The molecule has 21 heavy (non-hydrogen) atoms. The molecule has 104 valence electrons. The quantitative estimate of drug-likeness (QED) is 0.513. The summed E-state index contributed by atoms with van der Waals surface area (Å²) >= 11 is 1.35. The van der Waals surface area contributed by atoms with Crippen molar-refractivity contribution in [3.8, 4) is 6.07 Å². The van der Waals surface area contributed by atoms with Gasteiger partial charge in [-0.15, -0.1) is 11.8 Å². The van der Waals surface area contributed by atoms with Crippen LogP contribution in [0.1, 0.15) is 10.4 Å². The fourth-order valence-corrected chi connectivity index (χ4v) is 2.37. The van der Waals surface area contributed by atoms with Crippen molar-refractivity contribution in [2.24, 2.45) is 0 Å². The summed E-state index contributed by atoms with van der Waals surface area (Å²) in [6, 6.07) is 20.3. The average Bonchev–Trinajstić information content (AvgIpc) is 2.56. The van der Waals surface area contributed by atoms with Crippen LogP contribution in [0.25, 0.3) is 0 Å². The first-order valence-corrected chi connectivity index (χ1v) is 7.59. The summed E-state index contributed by atoms with van der Waals surface area (Å²) < 4.78 is 0. The van der Waals surface area contributed by atoms with Gasteiger partial charge < -0.3 is 5.32 Å². The molecule has 0 fully saturated rings. The lowest BCUT2D eigenvalue weighted by Crippen LogP contribution is -2.08. The first-order chi connectivity index (χ1) is 10.3. The Kier molecular flexibility index (Phi) is 5.19. The number of rotatable bonds is 5. The monoisotopic (exact) mass is 294 g/mol. The van der Waals surface area contributed by atoms with Gasteiger partial charge in [0.15, 0.2) is 0 Å². The van der Waals surface area contributed by atoms with Crippen LogP contribution in [0.2, 0.25) is 0 Å². The van der Waals surface area contributed by atoms with E-state index in [-0.39, 0.29) is 11.4 Å². The van der Waals surface area contributed by atoms with Crippen LogP contribution >= 0.6 is 11.8 Å². The Bertz CT molecular complexity index is 688. The first-order valence-electron chi connectivity index (χ1n) is 6.36. The second-order valence-electron chi connectivity index (χ2n) is 4.21. The standard InChI is InChI=1S/C17H14N2OS/c1-21-17(19-14-10-6-3-7-11-14)15(12-18)16(20)13-8-4-2-5-9-13/h2-11,19H,1H3/b17-15+. The molecule has 0 spiro atoms. The van der Waals surface area contributed by atoms with E-state index < -0.39 is 0 Å². The Labute approximate surface area is 128 Å². The number of benzene rings is 2. The SMILES string of the molecule is CS/C(Nc1ccccc1)=C(\C#N)C(=O)c1ccccc1. The molecule has 0 saturated heterocycles. The van der Waals surface area contributed by atoms with Crippen LogP contribution in [-0.4, -0.2) is 12.0 Å². The minimum absolute atomic E-state index is 0.123. The maximum atomic E-state index is 12.4. The van der Waals surface area contributed by atoms with Gasteiger partial charge in [0.05, 0.1) is 5.03 Å². The van der Waals surface area contributed by atoms with Gasteiger partial charge in [-0.25, -0.2) is 0 Å². The Balaban J connectivity index is 2.36. The van der Waals surface area contributed by atoms with Crippen molar-refractivity contribution in [2.45, 2.75) is 0 Å². The molecule has 4 heteroatoms. The molecule has 3 nitrogen and oxygen atoms in total. The largest absolute Gasteiger partial charge is 0.349 e. The zero-order chi connectivity index (χ0) is 15.1. The molecule has 0 radical (unpaired) electrons. The van der Waals surface area contributed by atoms with E-state index in [1.165, 1.54) is 11.8 Å². The summed E-state index contributed by atoms with van der Waals surface area (Å²) in [6.07, 6.45) is 1.83. The number of ketones is 1. The predicted molar refractivity (Wildman–Crippen MR) is 87.0 cm³/mol. The second-order valence-corrected chi connectivity index (χ2v) is 5.02. The van der Waals surface area contributed by atoms with E-state index in [1.807, 2.05) is 48.7 Å². The molecule has 0 heterocycles.